The minimum atomic E-state index is 0.362. The molecular weight excluding hydrogens is 241 g/mol. The summed E-state index contributed by atoms with van der Waals surface area (Å²) in [5.41, 5.74) is 1.19. The van der Waals surface area contributed by atoms with Crippen LogP contribution in [-0.2, 0) is 0 Å². The first kappa shape index (κ1) is 13.8. The topological polar surface area (TPSA) is 12.0 Å². The van der Waals surface area contributed by atoms with Gasteiger partial charge in [0.15, 0.2) is 0 Å². The first-order valence-electron chi connectivity index (χ1n) is 5.86. The van der Waals surface area contributed by atoms with Crippen LogP contribution in [0.2, 0.25) is 10.0 Å². The van der Waals surface area contributed by atoms with E-state index >= 15 is 0 Å². The Hall–Kier alpha value is -0.240. The van der Waals surface area contributed by atoms with Gasteiger partial charge in [0.05, 0.1) is 0 Å². The van der Waals surface area contributed by atoms with Gasteiger partial charge in [-0.15, -0.1) is 0 Å². The quantitative estimate of drug-likeness (QED) is 0.772. The monoisotopic (exact) mass is 259 g/mol. The van der Waals surface area contributed by atoms with Gasteiger partial charge in [-0.3, -0.25) is 0 Å². The summed E-state index contributed by atoms with van der Waals surface area (Å²) in [6.07, 6.45) is 3.54. The molecule has 1 rings (SSSR count). The number of hydrogen-bond acceptors (Lipinski definition) is 1. The molecule has 1 nitrogen and oxygen atoms in total. The molecule has 0 bridgehead atoms. The molecule has 0 aliphatic carbocycles. The van der Waals surface area contributed by atoms with Crippen molar-refractivity contribution in [3.63, 3.8) is 0 Å². The first-order chi connectivity index (χ1) is 7.67. The summed E-state index contributed by atoms with van der Waals surface area (Å²) in [4.78, 5) is 0. The summed E-state index contributed by atoms with van der Waals surface area (Å²) in [6.45, 7) is 5.28. The van der Waals surface area contributed by atoms with Gasteiger partial charge in [-0.05, 0) is 36.7 Å². The van der Waals surface area contributed by atoms with Crippen molar-refractivity contribution >= 4 is 23.2 Å². The second-order valence-electron chi connectivity index (χ2n) is 3.96. The molecule has 3 heteroatoms. The van der Waals surface area contributed by atoms with Crippen LogP contribution in [0.3, 0.4) is 0 Å². The van der Waals surface area contributed by atoms with Gasteiger partial charge in [0.1, 0.15) is 0 Å². The second-order valence-corrected chi connectivity index (χ2v) is 4.83. The van der Waals surface area contributed by atoms with Crippen LogP contribution in [0.4, 0.5) is 0 Å². The molecule has 90 valence electrons. The van der Waals surface area contributed by atoms with E-state index in [4.69, 9.17) is 23.2 Å². The lowest BCUT2D eigenvalue weighted by atomic mass is 10.0. The number of benzene rings is 1. The molecular formula is C13H19Cl2N. The Kier molecular flexibility index (Phi) is 6.18. The smallest absolute Gasteiger partial charge is 0.0424 e. The third-order valence-corrected chi connectivity index (χ3v) is 3.02. The summed E-state index contributed by atoms with van der Waals surface area (Å²) in [6, 6.07) is 6.13. The van der Waals surface area contributed by atoms with Crippen molar-refractivity contribution in [2.75, 3.05) is 6.54 Å². The molecule has 0 spiro atoms. The Morgan fingerprint density at radius 2 is 1.75 bits per heavy atom. The maximum atomic E-state index is 6.02. The van der Waals surface area contributed by atoms with Gasteiger partial charge in [-0.1, -0.05) is 49.9 Å². The highest BCUT2D eigenvalue weighted by atomic mass is 35.5. The van der Waals surface area contributed by atoms with E-state index < -0.39 is 0 Å². The maximum Gasteiger partial charge on any atom is 0.0424 e. The minimum Gasteiger partial charge on any atom is -0.310 e. The number of nitrogens with one attached hydrogen (secondary N) is 1. The van der Waals surface area contributed by atoms with Gasteiger partial charge in [0, 0.05) is 16.1 Å². The Bertz CT molecular complexity index is 305. The van der Waals surface area contributed by atoms with E-state index in [2.05, 4.69) is 19.2 Å². The molecule has 0 amide bonds. The van der Waals surface area contributed by atoms with Crippen LogP contribution in [0, 0.1) is 0 Å². The lowest BCUT2D eigenvalue weighted by Crippen LogP contribution is -2.20. The Morgan fingerprint density at radius 1 is 1.12 bits per heavy atom. The van der Waals surface area contributed by atoms with Gasteiger partial charge in [-0.25, -0.2) is 0 Å². The van der Waals surface area contributed by atoms with Crippen LogP contribution in [0.25, 0.3) is 0 Å². The molecule has 0 fully saturated rings. The van der Waals surface area contributed by atoms with Crippen molar-refractivity contribution in [3.05, 3.63) is 33.8 Å². The van der Waals surface area contributed by atoms with Gasteiger partial charge in [0.25, 0.3) is 0 Å². The van der Waals surface area contributed by atoms with E-state index in [1.165, 1.54) is 18.4 Å². The number of rotatable bonds is 6. The standard InChI is InChI=1S/C13H19Cl2N/c1-3-5-6-13(16-4-2)10-7-11(14)9-12(15)8-10/h7-9,13,16H,3-6H2,1-2H3. The van der Waals surface area contributed by atoms with Gasteiger partial charge in [0.2, 0.25) is 0 Å². The van der Waals surface area contributed by atoms with E-state index in [1.807, 2.05) is 12.1 Å². The van der Waals surface area contributed by atoms with Crippen LogP contribution >= 0.6 is 23.2 Å². The zero-order valence-corrected chi connectivity index (χ0v) is 11.4. The minimum absolute atomic E-state index is 0.362. The summed E-state index contributed by atoms with van der Waals surface area (Å²) in [7, 11) is 0. The molecule has 0 saturated heterocycles. The largest absolute Gasteiger partial charge is 0.310 e. The van der Waals surface area contributed by atoms with Crippen molar-refractivity contribution in [2.24, 2.45) is 0 Å². The molecule has 1 atom stereocenters. The Morgan fingerprint density at radius 3 is 2.25 bits per heavy atom. The van der Waals surface area contributed by atoms with Crippen LogP contribution in [0.1, 0.15) is 44.7 Å². The van der Waals surface area contributed by atoms with Crippen LogP contribution in [0.5, 0.6) is 0 Å². The average Bonchev–Trinajstić information content (AvgIpc) is 2.22. The third kappa shape index (κ3) is 4.32. The summed E-state index contributed by atoms with van der Waals surface area (Å²) in [5.74, 6) is 0. The highest BCUT2D eigenvalue weighted by Gasteiger charge is 2.10. The first-order valence-corrected chi connectivity index (χ1v) is 6.62. The zero-order chi connectivity index (χ0) is 12.0. The van der Waals surface area contributed by atoms with Crippen LogP contribution in [0.15, 0.2) is 18.2 Å². The average molecular weight is 260 g/mol. The fourth-order valence-corrected chi connectivity index (χ4v) is 2.36. The molecule has 0 radical (unpaired) electrons. The van der Waals surface area contributed by atoms with Crippen molar-refractivity contribution in [2.45, 2.75) is 39.2 Å². The van der Waals surface area contributed by atoms with E-state index in [0.717, 1.165) is 13.0 Å². The number of halogens is 2. The Labute approximate surface area is 108 Å². The van der Waals surface area contributed by atoms with E-state index in [-0.39, 0.29) is 0 Å². The Balaban J connectivity index is 2.82. The number of unbranched alkanes of at least 4 members (excludes halogenated alkanes) is 1. The molecule has 0 heterocycles. The number of hydrogen-bond donors (Lipinski definition) is 1. The highest BCUT2D eigenvalue weighted by Crippen LogP contribution is 2.26. The van der Waals surface area contributed by atoms with Crippen molar-refractivity contribution < 1.29 is 0 Å². The van der Waals surface area contributed by atoms with Gasteiger partial charge < -0.3 is 5.32 Å². The summed E-state index contributed by atoms with van der Waals surface area (Å²) < 4.78 is 0. The fourth-order valence-electron chi connectivity index (χ4n) is 1.82. The van der Waals surface area contributed by atoms with Gasteiger partial charge >= 0.3 is 0 Å². The van der Waals surface area contributed by atoms with Crippen molar-refractivity contribution in [1.82, 2.24) is 5.32 Å². The predicted octanol–water partition coefficient (Wildman–Crippen LogP) is 4.83. The molecule has 1 aromatic rings. The molecule has 0 aliphatic rings. The molecule has 0 aromatic heterocycles. The lowest BCUT2D eigenvalue weighted by molar-refractivity contribution is 0.495. The molecule has 16 heavy (non-hydrogen) atoms. The highest BCUT2D eigenvalue weighted by molar-refractivity contribution is 6.34. The molecule has 1 N–H and O–H groups in total. The SMILES string of the molecule is CCCCC(NCC)c1cc(Cl)cc(Cl)c1. The fraction of sp³-hybridized carbons (Fsp3) is 0.538. The predicted molar refractivity (Wildman–Crippen MR) is 72.4 cm³/mol. The van der Waals surface area contributed by atoms with Crippen molar-refractivity contribution in [3.8, 4) is 0 Å². The summed E-state index contributed by atoms with van der Waals surface area (Å²) in [5, 5.41) is 4.89. The maximum absolute atomic E-state index is 6.02. The van der Waals surface area contributed by atoms with Crippen LogP contribution in [-0.4, -0.2) is 6.54 Å². The van der Waals surface area contributed by atoms with E-state index in [9.17, 15) is 0 Å². The van der Waals surface area contributed by atoms with Crippen molar-refractivity contribution in [1.29, 1.82) is 0 Å². The molecule has 0 saturated carbocycles. The third-order valence-electron chi connectivity index (χ3n) is 2.58. The van der Waals surface area contributed by atoms with Crippen LogP contribution < -0.4 is 5.32 Å². The van der Waals surface area contributed by atoms with Gasteiger partial charge in [-0.2, -0.15) is 0 Å². The zero-order valence-electron chi connectivity index (χ0n) is 9.89. The lowest BCUT2D eigenvalue weighted by Gasteiger charge is -2.18. The van der Waals surface area contributed by atoms with E-state index in [0.29, 0.717) is 16.1 Å². The van der Waals surface area contributed by atoms with E-state index in [1.54, 1.807) is 6.07 Å². The normalized spacial score (nSPS) is 12.8. The summed E-state index contributed by atoms with van der Waals surface area (Å²) >= 11 is 12.0. The molecule has 0 aliphatic heterocycles. The molecule has 1 aromatic carbocycles. The molecule has 1 unspecified atom stereocenters. The second kappa shape index (κ2) is 7.16.